The molecule has 0 aliphatic carbocycles. The molecule has 0 spiro atoms. The highest BCUT2D eigenvalue weighted by Gasteiger charge is 2.32. The van der Waals surface area contributed by atoms with Gasteiger partial charge in [-0.1, -0.05) is 83.4 Å². The molecule has 7 nitrogen and oxygen atoms in total. The van der Waals surface area contributed by atoms with E-state index in [1.165, 1.54) is 30.1 Å². The number of carbonyl (C=O) groups excluding carboxylic acids is 2. The first-order valence-electron chi connectivity index (χ1n) is 11.5. The fourth-order valence-corrected chi connectivity index (χ4v) is 5.12. The summed E-state index contributed by atoms with van der Waals surface area (Å²) in [5.74, 6) is -0.896. The normalized spacial score (nSPS) is 12.0. The van der Waals surface area contributed by atoms with E-state index < -0.39 is 28.5 Å². The summed E-state index contributed by atoms with van der Waals surface area (Å²) in [6.45, 7) is 1.53. The fourth-order valence-electron chi connectivity index (χ4n) is 3.98. The van der Waals surface area contributed by atoms with Crippen LogP contribution in [-0.4, -0.2) is 51.0 Å². The van der Waals surface area contributed by atoms with E-state index in [0.717, 1.165) is 27.3 Å². The van der Waals surface area contributed by atoms with Crippen molar-refractivity contribution in [3.8, 4) is 0 Å². The molecular weight excluding hydrogens is 533 g/mol. The summed E-state index contributed by atoms with van der Waals surface area (Å²) in [4.78, 5) is 28.4. The lowest BCUT2D eigenvalue weighted by Crippen LogP contribution is -2.52. The van der Waals surface area contributed by atoms with Crippen LogP contribution in [0.15, 0.2) is 72.8 Å². The summed E-state index contributed by atoms with van der Waals surface area (Å²) in [5, 5.41) is 3.06. The van der Waals surface area contributed by atoms with Crippen LogP contribution in [0.25, 0.3) is 0 Å². The van der Waals surface area contributed by atoms with E-state index in [-0.39, 0.29) is 34.6 Å². The Kier molecular flexibility index (Phi) is 9.59. The van der Waals surface area contributed by atoms with E-state index >= 15 is 0 Å². The van der Waals surface area contributed by atoms with Crippen molar-refractivity contribution in [2.24, 2.45) is 0 Å². The van der Waals surface area contributed by atoms with Crippen molar-refractivity contribution in [2.75, 3.05) is 24.2 Å². The van der Waals surface area contributed by atoms with Gasteiger partial charge in [0.2, 0.25) is 21.8 Å². The number of likely N-dealkylation sites (N-methyl/N-ethyl adjacent to an activating group) is 1. The summed E-state index contributed by atoms with van der Waals surface area (Å²) < 4.78 is 26.4. The van der Waals surface area contributed by atoms with Crippen molar-refractivity contribution in [3.63, 3.8) is 0 Å². The number of carbonyl (C=O) groups is 2. The molecular formula is C27H29Cl2N3O4S. The first-order valence-corrected chi connectivity index (χ1v) is 14.1. The van der Waals surface area contributed by atoms with Crippen LogP contribution in [-0.2, 0) is 32.6 Å². The van der Waals surface area contributed by atoms with Crippen molar-refractivity contribution in [1.29, 1.82) is 0 Å². The van der Waals surface area contributed by atoms with Gasteiger partial charge in [0.15, 0.2) is 0 Å². The second-order valence-electron chi connectivity index (χ2n) is 8.70. The Hall–Kier alpha value is -3.07. The highest BCUT2D eigenvalue weighted by molar-refractivity contribution is 7.92. The Morgan fingerprint density at radius 3 is 2.19 bits per heavy atom. The minimum absolute atomic E-state index is 0.115. The molecule has 0 unspecified atom stereocenters. The Morgan fingerprint density at radius 2 is 1.59 bits per heavy atom. The lowest BCUT2D eigenvalue weighted by Gasteiger charge is -2.33. The fraction of sp³-hybridized carbons (Fsp3) is 0.259. The van der Waals surface area contributed by atoms with E-state index in [1.54, 1.807) is 0 Å². The Bertz CT molecular complexity index is 1370. The zero-order valence-corrected chi connectivity index (χ0v) is 23.1. The highest BCUT2D eigenvalue weighted by atomic mass is 35.5. The average Bonchev–Trinajstić information content (AvgIpc) is 2.86. The largest absolute Gasteiger partial charge is 0.357 e. The van der Waals surface area contributed by atoms with Gasteiger partial charge in [0.25, 0.3) is 0 Å². The number of amides is 2. The second-order valence-corrected chi connectivity index (χ2v) is 11.4. The first-order chi connectivity index (χ1) is 17.5. The summed E-state index contributed by atoms with van der Waals surface area (Å²) in [6.07, 6.45) is 1.26. The number of benzene rings is 3. The lowest BCUT2D eigenvalue weighted by atomic mass is 10.0. The molecule has 37 heavy (non-hydrogen) atoms. The monoisotopic (exact) mass is 561 g/mol. The van der Waals surface area contributed by atoms with Crippen LogP contribution in [0.4, 0.5) is 5.69 Å². The van der Waals surface area contributed by atoms with Gasteiger partial charge >= 0.3 is 0 Å². The van der Waals surface area contributed by atoms with Crippen molar-refractivity contribution in [2.45, 2.75) is 25.9 Å². The molecule has 1 atom stereocenters. The lowest BCUT2D eigenvalue weighted by molar-refractivity contribution is -0.139. The molecule has 0 aromatic heterocycles. The number of hydrogen-bond acceptors (Lipinski definition) is 4. The minimum Gasteiger partial charge on any atom is -0.357 e. The van der Waals surface area contributed by atoms with Crippen LogP contribution in [0.3, 0.4) is 0 Å². The van der Waals surface area contributed by atoms with Gasteiger partial charge in [-0.2, -0.15) is 0 Å². The first kappa shape index (κ1) is 28.5. The van der Waals surface area contributed by atoms with Gasteiger partial charge < -0.3 is 10.2 Å². The maximum Gasteiger partial charge on any atom is 0.244 e. The number of aryl methyl sites for hydroxylation is 1. The molecule has 0 heterocycles. The van der Waals surface area contributed by atoms with Crippen molar-refractivity contribution in [1.82, 2.24) is 10.2 Å². The summed E-state index contributed by atoms with van der Waals surface area (Å²) in [5.41, 5.74) is 2.87. The molecule has 3 aromatic rings. The maximum atomic E-state index is 13.8. The van der Waals surface area contributed by atoms with Gasteiger partial charge in [-0.25, -0.2) is 8.42 Å². The molecule has 0 aliphatic heterocycles. The predicted molar refractivity (Wildman–Crippen MR) is 148 cm³/mol. The third-order valence-electron chi connectivity index (χ3n) is 5.82. The predicted octanol–water partition coefficient (Wildman–Crippen LogP) is 4.45. The molecule has 1 N–H and O–H groups in total. The zero-order chi connectivity index (χ0) is 27.2. The molecule has 3 rings (SSSR count). The number of rotatable bonds is 10. The van der Waals surface area contributed by atoms with E-state index in [0.29, 0.717) is 0 Å². The molecule has 2 amide bonds. The standard InChI is InChI=1S/C27H29Cl2N3O4S/c1-19-8-7-11-21(14-19)17-31(25(27(34)30-2)15-20-9-5-4-6-10-20)26(33)18-32(37(3,35)36)22-12-13-23(28)24(29)16-22/h4-14,16,25H,15,17-18H2,1-3H3,(H,30,34)/t25-/m0/s1. The number of anilines is 1. The number of halogens is 2. The van der Waals surface area contributed by atoms with Gasteiger partial charge in [-0.15, -0.1) is 0 Å². The SMILES string of the molecule is CNC(=O)[C@H](Cc1ccccc1)N(Cc1cccc(C)c1)C(=O)CN(c1ccc(Cl)c(Cl)c1)S(C)(=O)=O. The van der Waals surface area contributed by atoms with Gasteiger partial charge in [-0.3, -0.25) is 13.9 Å². The molecule has 10 heteroatoms. The number of sulfonamides is 1. The van der Waals surface area contributed by atoms with E-state index in [4.69, 9.17) is 23.2 Å². The Balaban J connectivity index is 2.04. The highest BCUT2D eigenvalue weighted by Crippen LogP contribution is 2.29. The molecule has 0 fully saturated rings. The molecule has 3 aromatic carbocycles. The van der Waals surface area contributed by atoms with Gasteiger partial charge in [0.1, 0.15) is 12.6 Å². The van der Waals surface area contributed by atoms with Crippen LogP contribution in [0.1, 0.15) is 16.7 Å². The van der Waals surface area contributed by atoms with Crippen molar-refractivity contribution < 1.29 is 18.0 Å². The van der Waals surface area contributed by atoms with Gasteiger partial charge in [-0.05, 0) is 36.2 Å². The van der Waals surface area contributed by atoms with E-state index in [2.05, 4.69) is 5.32 Å². The number of nitrogens with one attached hydrogen (secondary N) is 1. The minimum atomic E-state index is -3.88. The van der Waals surface area contributed by atoms with E-state index in [9.17, 15) is 18.0 Å². The zero-order valence-electron chi connectivity index (χ0n) is 20.8. The maximum absolute atomic E-state index is 13.8. The molecule has 0 aliphatic rings. The molecule has 196 valence electrons. The van der Waals surface area contributed by atoms with Crippen LogP contribution in [0.5, 0.6) is 0 Å². The molecule has 0 saturated heterocycles. The van der Waals surface area contributed by atoms with Gasteiger partial charge in [0.05, 0.1) is 22.0 Å². The Morgan fingerprint density at radius 1 is 0.919 bits per heavy atom. The number of nitrogens with zero attached hydrogens (tertiary/aromatic N) is 2. The number of hydrogen-bond donors (Lipinski definition) is 1. The average molecular weight is 563 g/mol. The summed E-state index contributed by atoms with van der Waals surface area (Å²) in [6, 6.07) is 20.4. The summed E-state index contributed by atoms with van der Waals surface area (Å²) >= 11 is 12.1. The third kappa shape index (κ3) is 7.71. The van der Waals surface area contributed by atoms with Crippen molar-refractivity contribution >= 4 is 50.7 Å². The van der Waals surface area contributed by atoms with Crippen LogP contribution >= 0.6 is 23.2 Å². The molecule has 0 saturated carbocycles. The summed E-state index contributed by atoms with van der Waals surface area (Å²) in [7, 11) is -2.37. The quantitative estimate of drug-likeness (QED) is 0.396. The molecule has 0 radical (unpaired) electrons. The van der Waals surface area contributed by atoms with Crippen LogP contribution < -0.4 is 9.62 Å². The Labute approximate surface area is 228 Å². The van der Waals surface area contributed by atoms with Crippen LogP contribution in [0.2, 0.25) is 10.0 Å². The van der Waals surface area contributed by atoms with Gasteiger partial charge in [0, 0.05) is 20.0 Å². The van der Waals surface area contributed by atoms with E-state index in [1.807, 2.05) is 61.5 Å². The van der Waals surface area contributed by atoms with Crippen molar-refractivity contribution in [3.05, 3.63) is 99.5 Å². The molecule has 0 bridgehead atoms. The smallest absolute Gasteiger partial charge is 0.244 e. The second kappa shape index (κ2) is 12.4. The third-order valence-corrected chi connectivity index (χ3v) is 7.70. The topological polar surface area (TPSA) is 86.8 Å². The van der Waals surface area contributed by atoms with Crippen LogP contribution in [0, 0.1) is 6.92 Å².